The Balaban J connectivity index is 0.00000196. The number of halogens is 2. The van der Waals surface area contributed by atoms with E-state index in [-0.39, 0.29) is 18.3 Å². The number of likely N-dealkylation sites (tertiary alicyclic amines) is 1. The fourth-order valence-electron chi connectivity index (χ4n) is 4.05. The number of carbonyl (C=O) groups excluding carboxylic acids is 1. The summed E-state index contributed by atoms with van der Waals surface area (Å²) in [6.07, 6.45) is 1.69. The molecule has 3 heterocycles. The summed E-state index contributed by atoms with van der Waals surface area (Å²) >= 11 is 6.09. The second-order valence-electron chi connectivity index (χ2n) is 6.88. The predicted octanol–water partition coefficient (Wildman–Crippen LogP) is 4.10. The Bertz CT molecular complexity index is 812. The van der Waals surface area contributed by atoms with E-state index < -0.39 is 5.72 Å². The van der Waals surface area contributed by atoms with Crippen LogP contribution in [0.5, 0.6) is 0 Å². The highest BCUT2D eigenvalue weighted by Crippen LogP contribution is 2.37. The Morgan fingerprint density at radius 1 is 1.27 bits per heavy atom. The molecule has 1 aromatic carbocycles. The zero-order valence-electron chi connectivity index (χ0n) is 15.1. The zero-order chi connectivity index (χ0) is 17.6. The molecule has 4 rings (SSSR count). The lowest BCUT2D eigenvalue weighted by Gasteiger charge is -2.43. The summed E-state index contributed by atoms with van der Waals surface area (Å²) in [6, 6.07) is 5.45. The third-order valence-electron chi connectivity index (χ3n) is 5.60. The molecule has 5 nitrogen and oxygen atoms in total. The quantitative estimate of drug-likeness (QED) is 0.763. The van der Waals surface area contributed by atoms with Crippen LogP contribution in [-0.4, -0.2) is 54.2 Å². The second kappa shape index (κ2) is 7.39. The van der Waals surface area contributed by atoms with Gasteiger partial charge in [0.15, 0.2) is 5.76 Å². The van der Waals surface area contributed by atoms with Gasteiger partial charge in [-0.1, -0.05) is 18.5 Å². The van der Waals surface area contributed by atoms with Gasteiger partial charge < -0.3 is 19.0 Å². The summed E-state index contributed by atoms with van der Waals surface area (Å²) in [7, 11) is 0. The van der Waals surface area contributed by atoms with E-state index in [1.54, 1.807) is 6.07 Å². The molecule has 0 atom stereocenters. The molecule has 0 radical (unpaired) electrons. The Labute approximate surface area is 164 Å². The number of fused-ring (bicyclic) bond motifs is 1. The fourth-order valence-corrected chi connectivity index (χ4v) is 4.22. The minimum atomic E-state index is -0.480. The van der Waals surface area contributed by atoms with Gasteiger partial charge in [-0.25, -0.2) is 0 Å². The van der Waals surface area contributed by atoms with Gasteiger partial charge in [-0.2, -0.15) is 0 Å². The molecule has 142 valence electrons. The number of benzene rings is 1. The maximum Gasteiger partial charge on any atom is 0.292 e. The van der Waals surface area contributed by atoms with Crippen LogP contribution in [0.25, 0.3) is 11.0 Å². The molecule has 2 saturated heterocycles. The molecule has 0 N–H and O–H groups in total. The highest BCUT2D eigenvalue weighted by Gasteiger charge is 2.47. The molecule has 0 saturated carbocycles. The molecule has 1 amide bonds. The van der Waals surface area contributed by atoms with E-state index in [9.17, 15) is 4.79 Å². The van der Waals surface area contributed by atoms with Gasteiger partial charge in [0.1, 0.15) is 11.3 Å². The van der Waals surface area contributed by atoms with E-state index >= 15 is 0 Å². The van der Waals surface area contributed by atoms with E-state index in [1.165, 1.54) is 0 Å². The van der Waals surface area contributed by atoms with Crippen molar-refractivity contribution in [1.82, 2.24) is 9.80 Å². The molecule has 0 bridgehead atoms. The molecule has 26 heavy (non-hydrogen) atoms. The van der Waals surface area contributed by atoms with E-state index in [1.807, 2.05) is 24.0 Å². The van der Waals surface area contributed by atoms with Crippen molar-refractivity contribution in [3.8, 4) is 0 Å². The third-order valence-corrected chi connectivity index (χ3v) is 5.83. The van der Waals surface area contributed by atoms with E-state index in [0.717, 1.165) is 43.4 Å². The lowest BCUT2D eigenvalue weighted by molar-refractivity contribution is -0.105. The molecule has 7 heteroatoms. The molecule has 0 unspecified atom stereocenters. The Hall–Kier alpha value is -1.27. The number of nitrogens with zero attached hydrogens (tertiary/aromatic N) is 2. The van der Waals surface area contributed by atoms with Crippen molar-refractivity contribution in [2.24, 2.45) is 0 Å². The highest BCUT2D eigenvalue weighted by molar-refractivity contribution is 6.31. The first-order valence-corrected chi connectivity index (χ1v) is 9.29. The van der Waals surface area contributed by atoms with Gasteiger partial charge in [0, 0.05) is 48.4 Å². The van der Waals surface area contributed by atoms with Crippen LogP contribution in [-0.2, 0) is 4.74 Å². The molecule has 2 aliphatic rings. The van der Waals surface area contributed by atoms with Gasteiger partial charge >= 0.3 is 0 Å². The van der Waals surface area contributed by atoms with Crippen molar-refractivity contribution in [1.29, 1.82) is 0 Å². The van der Waals surface area contributed by atoms with Crippen molar-refractivity contribution in [3.63, 3.8) is 0 Å². The third kappa shape index (κ3) is 3.11. The molecule has 0 aliphatic carbocycles. The van der Waals surface area contributed by atoms with Gasteiger partial charge in [0.25, 0.3) is 5.91 Å². The number of amides is 1. The smallest absolute Gasteiger partial charge is 0.292 e. The normalized spacial score (nSPS) is 19.9. The lowest BCUT2D eigenvalue weighted by atomic mass is 9.98. The van der Waals surface area contributed by atoms with E-state index in [2.05, 4.69) is 11.8 Å². The lowest BCUT2D eigenvalue weighted by Crippen LogP contribution is -2.54. The molecular weight excluding hydrogens is 375 g/mol. The predicted molar refractivity (Wildman–Crippen MR) is 104 cm³/mol. The van der Waals surface area contributed by atoms with E-state index in [4.69, 9.17) is 20.8 Å². The summed E-state index contributed by atoms with van der Waals surface area (Å²) in [6.45, 7) is 8.22. The van der Waals surface area contributed by atoms with Crippen LogP contribution < -0.4 is 0 Å². The number of furan rings is 1. The number of aryl methyl sites for hydroxylation is 1. The van der Waals surface area contributed by atoms with Crippen LogP contribution in [0.3, 0.4) is 0 Å². The molecular formula is C19H24Cl2N2O3. The van der Waals surface area contributed by atoms with Crippen LogP contribution in [0, 0.1) is 6.92 Å². The van der Waals surface area contributed by atoms with Crippen molar-refractivity contribution in [2.45, 2.75) is 32.4 Å². The minimum absolute atomic E-state index is 0. The maximum absolute atomic E-state index is 13.3. The van der Waals surface area contributed by atoms with Crippen LogP contribution in [0.2, 0.25) is 5.02 Å². The minimum Gasteiger partial charge on any atom is -0.451 e. The first-order chi connectivity index (χ1) is 12.0. The van der Waals surface area contributed by atoms with Gasteiger partial charge in [0.2, 0.25) is 0 Å². The van der Waals surface area contributed by atoms with Gasteiger partial charge in [0.05, 0.1) is 6.61 Å². The first kappa shape index (κ1) is 19.5. The average molecular weight is 399 g/mol. The van der Waals surface area contributed by atoms with Crippen LogP contribution in [0.1, 0.15) is 35.9 Å². The summed E-state index contributed by atoms with van der Waals surface area (Å²) in [5.41, 5.74) is 1.06. The van der Waals surface area contributed by atoms with E-state index in [0.29, 0.717) is 29.5 Å². The summed E-state index contributed by atoms with van der Waals surface area (Å²) in [5, 5.41) is 1.54. The van der Waals surface area contributed by atoms with Gasteiger partial charge in [-0.3, -0.25) is 4.79 Å². The molecule has 1 aromatic heterocycles. The number of piperidine rings is 1. The van der Waals surface area contributed by atoms with Crippen LogP contribution in [0.15, 0.2) is 22.6 Å². The topological polar surface area (TPSA) is 45.9 Å². The first-order valence-electron chi connectivity index (χ1n) is 8.91. The number of carbonyl (C=O) groups is 1. The van der Waals surface area contributed by atoms with Crippen molar-refractivity contribution < 1.29 is 13.9 Å². The van der Waals surface area contributed by atoms with Crippen molar-refractivity contribution in [2.75, 3.05) is 32.8 Å². The van der Waals surface area contributed by atoms with Crippen LogP contribution >= 0.6 is 24.0 Å². The highest BCUT2D eigenvalue weighted by atomic mass is 35.5. The van der Waals surface area contributed by atoms with Crippen LogP contribution in [0.4, 0.5) is 0 Å². The summed E-state index contributed by atoms with van der Waals surface area (Å²) < 4.78 is 12.0. The SMILES string of the molecule is CCN1CCC2(CC1)OCCN2C(=O)c1oc2ccc(Cl)cc2c1C.Cl. The Morgan fingerprint density at radius 3 is 2.69 bits per heavy atom. The summed E-state index contributed by atoms with van der Waals surface area (Å²) in [4.78, 5) is 17.5. The number of hydrogen-bond acceptors (Lipinski definition) is 4. The monoisotopic (exact) mass is 398 g/mol. The number of hydrogen-bond donors (Lipinski definition) is 0. The van der Waals surface area contributed by atoms with Gasteiger partial charge in [-0.05, 0) is 31.7 Å². The fraction of sp³-hybridized carbons (Fsp3) is 0.526. The Kier molecular flexibility index (Phi) is 5.54. The number of rotatable bonds is 2. The number of ether oxygens (including phenoxy) is 1. The second-order valence-corrected chi connectivity index (χ2v) is 7.32. The molecule has 2 aliphatic heterocycles. The molecule has 2 fully saturated rings. The summed E-state index contributed by atoms with van der Waals surface area (Å²) in [5.74, 6) is 0.326. The maximum atomic E-state index is 13.3. The molecule has 2 aromatic rings. The zero-order valence-corrected chi connectivity index (χ0v) is 16.7. The average Bonchev–Trinajstić information content (AvgIpc) is 3.17. The van der Waals surface area contributed by atoms with Crippen molar-refractivity contribution in [3.05, 3.63) is 34.5 Å². The van der Waals surface area contributed by atoms with Crippen molar-refractivity contribution >= 4 is 40.9 Å². The molecule has 1 spiro atoms. The Morgan fingerprint density at radius 2 is 2.00 bits per heavy atom. The van der Waals surface area contributed by atoms with Gasteiger partial charge in [-0.15, -0.1) is 12.4 Å². The standard InChI is InChI=1S/C19H23ClN2O3.ClH/c1-3-21-8-6-19(7-9-21)22(10-11-24-19)18(23)17-13(2)15-12-14(20)4-5-16(15)25-17;/h4-5,12H,3,6-11H2,1-2H3;1H. The largest absolute Gasteiger partial charge is 0.451 e.